The second-order valence-corrected chi connectivity index (χ2v) is 5.99. The standard InChI is InChI=1S/C16H21N5O3/c1-10(2)13(19-15(22)12-9-18-6-7-23-12)16-20-14(21-24-16)11-4-3-5-17-8-11/h3-5,8,10,12-13,18H,6-7,9H2,1-2H3,(H,19,22). The summed E-state index contributed by atoms with van der Waals surface area (Å²) in [5.41, 5.74) is 0.765. The van der Waals surface area contributed by atoms with Gasteiger partial charge in [-0.05, 0) is 18.1 Å². The van der Waals surface area contributed by atoms with Gasteiger partial charge in [-0.1, -0.05) is 19.0 Å². The van der Waals surface area contributed by atoms with E-state index in [9.17, 15) is 4.79 Å². The molecule has 8 nitrogen and oxygen atoms in total. The van der Waals surface area contributed by atoms with Crippen molar-refractivity contribution in [2.24, 2.45) is 5.92 Å². The first kappa shape index (κ1) is 16.5. The Bertz CT molecular complexity index is 667. The molecule has 24 heavy (non-hydrogen) atoms. The Morgan fingerprint density at radius 2 is 2.33 bits per heavy atom. The molecule has 1 aliphatic heterocycles. The predicted molar refractivity (Wildman–Crippen MR) is 85.9 cm³/mol. The van der Waals surface area contributed by atoms with Crippen molar-refractivity contribution < 1.29 is 14.1 Å². The van der Waals surface area contributed by atoms with Crippen molar-refractivity contribution in [3.63, 3.8) is 0 Å². The SMILES string of the molecule is CC(C)C(NC(=O)C1CNCCO1)c1nc(-c2cccnc2)no1. The molecule has 1 amide bonds. The molecule has 1 saturated heterocycles. The summed E-state index contributed by atoms with van der Waals surface area (Å²) in [6.07, 6.45) is 2.85. The molecule has 2 unspecified atom stereocenters. The van der Waals surface area contributed by atoms with Crippen LogP contribution in [0.1, 0.15) is 25.8 Å². The molecule has 0 radical (unpaired) electrons. The summed E-state index contributed by atoms with van der Waals surface area (Å²) in [5.74, 6) is 0.740. The van der Waals surface area contributed by atoms with Crippen molar-refractivity contribution in [2.75, 3.05) is 19.7 Å². The predicted octanol–water partition coefficient (Wildman–Crippen LogP) is 0.933. The quantitative estimate of drug-likeness (QED) is 0.840. The van der Waals surface area contributed by atoms with Gasteiger partial charge < -0.3 is 19.9 Å². The van der Waals surface area contributed by atoms with Gasteiger partial charge in [-0.2, -0.15) is 4.98 Å². The first-order valence-corrected chi connectivity index (χ1v) is 8.02. The highest BCUT2D eigenvalue weighted by molar-refractivity contribution is 5.81. The summed E-state index contributed by atoms with van der Waals surface area (Å²) in [7, 11) is 0. The third-order valence-electron chi connectivity index (χ3n) is 3.81. The summed E-state index contributed by atoms with van der Waals surface area (Å²) in [4.78, 5) is 20.8. The maximum Gasteiger partial charge on any atom is 0.251 e. The lowest BCUT2D eigenvalue weighted by Crippen LogP contribution is -2.49. The number of carbonyl (C=O) groups excluding carboxylic acids is 1. The minimum atomic E-state index is -0.499. The van der Waals surface area contributed by atoms with E-state index >= 15 is 0 Å². The number of nitrogens with zero attached hydrogens (tertiary/aromatic N) is 3. The first-order valence-electron chi connectivity index (χ1n) is 8.02. The molecule has 1 fully saturated rings. The monoisotopic (exact) mass is 331 g/mol. The van der Waals surface area contributed by atoms with Crippen LogP contribution >= 0.6 is 0 Å². The highest BCUT2D eigenvalue weighted by Gasteiger charge is 2.29. The summed E-state index contributed by atoms with van der Waals surface area (Å²) >= 11 is 0. The lowest BCUT2D eigenvalue weighted by molar-refractivity contribution is -0.135. The fourth-order valence-electron chi connectivity index (χ4n) is 2.47. The van der Waals surface area contributed by atoms with Crippen LogP contribution in [0.5, 0.6) is 0 Å². The molecular formula is C16H21N5O3. The maximum absolute atomic E-state index is 12.4. The fraction of sp³-hybridized carbons (Fsp3) is 0.500. The number of hydrogen-bond donors (Lipinski definition) is 2. The van der Waals surface area contributed by atoms with E-state index in [0.717, 1.165) is 12.1 Å². The molecule has 0 aliphatic carbocycles. The van der Waals surface area contributed by atoms with Crippen molar-refractivity contribution in [2.45, 2.75) is 26.0 Å². The van der Waals surface area contributed by atoms with E-state index in [1.165, 1.54) is 0 Å². The molecule has 2 aromatic rings. The van der Waals surface area contributed by atoms with Gasteiger partial charge in [0.2, 0.25) is 11.7 Å². The van der Waals surface area contributed by atoms with Crippen LogP contribution in [-0.4, -0.2) is 46.8 Å². The number of hydrogen-bond acceptors (Lipinski definition) is 7. The van der Waals surface area contributed by atoms with Crippen LogP contribution in [0.4, 0.5) is 0 Å². The molecule has 1 aliphatic rings. The van der Waals surface area contributed by atoms with Crippen LogP contribution < -0.4 is 10.6 Å². The Labute approximate surface area is 140 Å². The van der Waals surface area contributed by atoms with Crippen LogP contribution in [0.15, 0.2) is 29.0 Å². The van der Waals surface area contributed by atoms with E-state index in [2.05, 4.69) is 25.8 Å². The van der Waals surface area contributed by atoms with E-state index in [0.29, 0.717) is 24.9 Å². The highest BCUT2D eigenvalue weighted by Crippen LogP contribution is 2.23. The molecule has 2 atom stereocenters. The smallest absolute Gasteiger partial charge is 0.251 e. The van der Waals surface area contributed by atoms with Gasteiger partial charge in [-0.3, -0.25) is 9.78 Å². The molecule has 2 aromatic heterocycles. The average molecular weight is 331 g/mol. The van der Waals surface area contributed by atoms with Gasteiger partial charge in [0, 0.05) is 31.0 Å². The number of aromatic nitrogens is 3. The molecule has 0 saturated carbocycles. The van der Waals surface area contributed by atoms with E-state index in [1.807, 2.05) is 19.9 Å². The van der Waals surface area contributed by atoms with Crippen LogP contribution in [-0.2, 0) is 9.53 Å². The molecule has 3 heterocycles. The zero-order chi connectivity index (χ0) is 16.9. The van der Waals surface area contributed by atoms with Crippen molar-refractivity contribution in [3.8, 4) is 11.4 Å². The molecule has 2 N–H and O–H groups in total. The Morgan fingerprint density at radius 3 is 3.00 bits per heavy atom. The number of morpholine rings is 1. The van der Waals surface area contributed by atoms with E-state index in [1.54, 1.807) is 18.5 Å². The number of nitrogens with one attached hydrogen (secondary N) is 2. The topological polar surface area (TPSA) is 102 Å². The van der Waals surface area contributed by atoms with Gasteiger partial charge in [0.05, 0.1) is 6.61 Å². The average Bonchev–Trinajstić information content (AvgIpc) is 3.10. The Kier molecular flexibility index (Phi) is 5.17. The molecule has 0 spiro atoms. The maximum atomic E-state index is 12.4. The van der Waals surface area contributed by atoms with E-state index in [-0.39, 0.29) is 17.9 Å². The number of ether oxygens (including phenoxy) is 1. The van der Waals surface area contributed by atoms with Crippen LogP contribution in [0, 0.1) is 5.92 Å². The first-order chi connectivity index (χ1) is 11.6. The minimum absolute atomic E-state index is 0.0905. The van der Waals surface area contributed by atoms with Gasteiger partial charge in [0.1, 0.15) is 12.1 Å². The lowest BCUT2D eigenvalue weighted by Gasteiger charge is -2.26. The van der Waals surface area contributed by atoms with Crippen molar-refractivity contribution in [3.05, 3.63) is 30.4 Å². The van der Waals surface area contributed by atoms with Gasteiger partial charge >= 0.3 is 0 Å². The summed E-state index contributed by atoms with van der Waals surface area (Å²) in [6, 6.07) is 3.29. The molecule has 0 bridgehead atoms. The molecule has 8 heteroatoms. The number of carbonyl (C=O) groups is 1. The number of amides is 1. The molecule has 3 rings (SSSR count). The second kappa shape index (κ2) is 7.50. The third-order valence-corrected chi connectivity index (χ3v) is 3.81. The molecule has 128 valence electrons. The largest absolute Gasteiger partial charge is 0.366 e. The summed E-state index contributed by atoms with van der Waals surface area (Å²) in [6.45, 7) is 5.75. The second-order valence-electron chi connectivity index (χ2n) is 5.99. The van der Waals surface area contributed by atoms with Gasteiger partial charge in [0.25, 0.3) is 5.91 Å². The Hall–Kier alpha value is -2.32. The van der Waals surface area contributed by atoms with E-state index < -0.39 is 6.10 Å². The van der Waals surface area contributed by atoms with Crippen LogP contribution in [0.25, 0.3) is 11.4 Å². The van der Waals surface area contributed by atoms with Crippen molar-refractivity contribution in [1.29, 1.82) is 0 Å². The van der Waals surface area contributed by atoms with Gasteiger partial charge in [0.15, 0.2) is 0 Å². The summed E-state index contributed by atoms with van der Waals surface area (Å²) < 4.78 is 10.9. The Balaban J connectivity index is 1.74. The van der Waals surface area contributed by atoms with Crippen LogP contribution in [0.3, 0.4) is 0 Å². The zero-order valence-electron chi connectivity index (χ0n) is 13.7. The van der Waals surface area contributed by atoms with Crippen LogP contribution in [0.2, 0.25) is 0 Å². The lowest BCUT2D eigenvalue weighted by atomic mass is 10.0. The zero-order valence-corrected chi connectivity index (χ0v) is 13.7. The molecular weight excluding hydrogens is 310 g/mol. The fourth-order valence-corrected chi connectivity index (χ4v) is 2.47. The normalized spacial score (nSPS) is 19.2. The summed E-state index contributed by atoms with van der Waals surface area (Å²) in [5, 5.41) is 10.1. The highest BCUT2D eigenvalue weighted by atomic mass is 16.5. The molecule has 0 aromatic carbocycles. The Morgan fingerprint density at radius 1 is 1.46 bits per heavy atom. The van der Waals surface area contributed by atoms with E-state index in [4.69, 9.17) is 9.26 Å². The van der Waals surface area contributed by atoms with Crippen molar-refractivity contribution in [1.82, 2.24) is 25.8 Å². The third kappa shape index (κ3) is 3.77. The van der Waals surface area contributed by atoms with Gasteiger partial charge in [-0.15, -0.1) is 0 Å². The van der Waals surface area contributed by atoms with Crippen molar-refractivity contribution >= 4 is 5.91 Å². The number of rotatable bonds is 5. The minimum Gasteiger partial charge on any atom is -0.366 e. The van der Waals surface area contributed by atoms with Gasteiger partial charge in [-0.25, -0.2) is 0 Å². The number of pyridine rings is 1.